The molecule has 5 heteroatoms. The molecule has 0 aliphatic carbocycles. The predicted molar refractivity (Wildman–Crippen MR) is 79.7 cm³/mol. The Morgan fingerprint density at radius 3 is 2.71 bits per heavy atom. The van der Waals surface area contributed by atoms with Gasteiger partial charge in [0.05, 0.1) is 23.4 Å². The van der Waals surface area contributed by atoms with E-state index < -0.39 is 0 Å². The molecule has 1 atom stereocenters. The molecule has 2 heterocycles. The number of hydrazine groups is 1. The van der Waals surface area contributed by atoms with E-state index in [-0.39, 0.29) is 11.9 Å². The van der Waals surface area contributed by atoms with Gasteiger partial charge in [-0.05, 0) is 36.2 Å². The van der Waals surface area contributed by atoms with Gasteiger partial charge >= 0.3 is 0 Å². The first kappa shape index (κ1) is 13.6. The molecule has 2 aromatic heterocycles. The highest BCUT2D eigenvalue weighted by Crippen LogP contribution is 2.22. The molecule has 1 unspecified atom stereocenters. The quantitative estimate of drug-likeness (QED) is 0.570. The van der Waals surface area contributed by atoms with Crippen LogP contribution in [0.4, 0.5) is 4.39 Å². The molecule has 0 bridgehead atoms. The number of aromatic nitrogens is 2. The lowest BCUT2D eigenvalue weighted by Crippen LogP contribution is -2.30. The van der Waals surface area contributed by atoms with E-state index in [1.54, 1.807) is 12.3 Å². The zero-order valence-corrected chi connectivity index (χ0v) is 11.3. The van der Waals surface area contributed by atoms with Crippen molar-refractivity contribution in [3.63, 3.8) is 0 Å². The summed E-state index contributed by atoms with van der Waals surface area (Å²) in [7, 11) is 0. The molecule has 0 spiro atoms. The van der Waals surface area contributed by atoms with Gasteiger partial charge in [0.1, 0.15) is 5.82 Å². The van der Waals surface area contributed by atoms with Crippen molar-refractivity contribution in [2.24, 2.45) is 5.84 Å². The Hall–Kier alpha value is -2.37. The maximum Gasteiger partial charge on any atom is 0.141 e. The van der Waals surface area contributed by atoms with E-state index in [0.29, 0.717) is 12.1 Å². The predicted octanol–water partition coefficient (Wildman–Crippen LogP) is 2.52. The number of nitrogens with one attached hydrogen (secondary N) is 1. The minimum Gasteiger partial charge on any atom is -0.271 e. The van der Waals surface area contributed by atoms with Crippen molar-refractivity contribution in [3.8, 4) is 0 Å². The number of pyridine rings is 2. The van der Waals surface area contributed by atoms with Crippen molar-refractivity contribution in [1.82, 2.24) is 15.4 Å². The molecular weight excluding hydrogens is 267 g/mol. The smallest absolute Gasteiger partial charge is 0.141 e. The second-order valence-corrected chi connectivity index (χ2v) is 4.81. The molecule has 3 N–H and O–H groups in total. The summed E-state index contributed by atoms with van der Waals surface area (Å²) in [6, 6.07) is 12.8. The normalized spacial score (nSPS) is 12.5. The molecule has 0 saturated carbocycles. The van der Waals surface area contributed by atoms with Gasteiger partial charge in [-0.15, -0.1) is 0 Å². The van der Waals surface area contributed by atoms with Crippen molar-refractivity contribution in [2.75, 3.05) is 0 Å². The summed E-state index contributed by atoms with van der Waals surface area (Å²) < 4.78 is 13.0. The molecule has 106 valence electrons. The van der Waals surface area contributed by atoms with E-state index in [0.717, 1.165) is 16.5 Å². The third-order valence-corrected chi connectivity index (χ3v) is 3.47. The zero-order valence-electron chi connectivity index (χ0n) is 11.3. The number of benzene rings is 1. The van der Waals surface area contributed by atoms with Crippen LogP contribution in [-0.2, 0) is 6.42 Å². The van der Waals surface area contributed by atoms with Gasteiger partial charge in [0.2, 0.25) is 0 Å². The molecule has 1 aromatic carbocycles. The number of hydrogen-bond acceptors (Lipinski definition) is 4. The molecule has 0 radical (unpaired) electrons. The van der Waals surface area contributed by atoms with Gasteiger partial charge in [0.25, 0.3) is 0 Å². The average molecular weight is 282 g/mol. The highest BCUT2D eigenvalue weighted by Gasteiger charge is 2.14. The first-order chi connectivity index (χ1) is 10.3. The second kappa shape index (κ2) is 5.95. The van der Waals surface area contributed by atoms with E-state index in [4.69, 9.17) is 5.84 Å². The monoisotopic (exact) mass is 282 g/mol. The summed E-state index contributed by atoms with van der Waals surface area (Å²) >= 11 is 0. The molecule has 0 aliphatic heterocycles. The first-order valence-electron chi connectivity index (χ1n) is 6.68. The molecular formula is C16H15FN4. The lowest BCUT2D eigenvalue weighted by molar-refractivity contribution is 0.534. The summed E-state index contributed by atoms with van der Waals surface area (Å²) in [5.74, 6) is 5.28. The van der Waals surface area contributed by atoms with E-state index in [1.807, 2.05) is 30.3 Å². The number of nitrogens with two attached hydrogens (primary N) is 1. The van der Waals surface area contributed by atoms with E-state index in [9.17, 15) is 4.39 Å². The minimum absolute atomic E-state index is 0.184. The summed E-state index contributed by atoms with van der Waals surface area (Å²) in [4.78, 5) is 8.43. The minimum atomic E-state index is -0.358. The van der Waals surface area contributed by atoms with Crippen molar-refractivity contribution in [3.05, 3.63) is 71.9 Å². The van der Waals surface area contributed by atoms with Crippen LogP contribution in [0.5, 0.6) is 0 Å². The van der Waals surface area contributed by atoms with Gasteiger partial charge in [-0.3, -0.25) is 21.2 Å². The Kier molecular flexibility index (Phi) is 3.85. The number of fused-ring (bicyclic) bond motifs is 1. The molecule has 0 saturated heterocycles. The number of nitrogens with zero attached hydrogens (tertiary/aromatic N) is 2. The fourth-order valence-corrected chi connectivity index (χ4v) is 2.40. The number of halogens is 1. The maximum absolute atomic E-state index is 13.0. The lowest BCUT2D eigenvalue weighted by atomic mass is 10.00. The molecule has 0 fully saturated rings. The Morgan fingerprint density at radius 1 is 1.10 bits per heavy atom. The summed E-state index contributed by atoms with van der Waals surface area (Å²) in [5, 5.41) is 1.09. The van der Waals surface area contributed by atoms with Crippen LogP contribution in [0.25, 0.3) is 10.9 Å². The second-order valence-electron chi connectivity index (χ2n) is 4.81. The lowest BCUT2D eigenvalue weighted by Gasteiger charge is -2.16. The SMILES string of the molecule is NNC(Cc1ccnc2ccccc12)c1ccc(F)cn1. The summed E-state index contributed by atoms with van der Waals surface area (Å²) in [6.45, 7) is 0. The van der Waals surface area contributed by atoms with Crippen molar-refractivity contribution in [2.45, 2.75) is 12.5 Å². The van der Waals surface area contributed by atoms with Crippen LogP contribution in [-0.4, -0.2) is 9.97 Å². The topological polar surface area (TPSA) is 63.8 Å². The Balaban J connectivity index is 1.94. The van der Waals surface area contributed by atoms with Crippen LogP contribution in [0.1, 0.15) is 17.3 Å². The van der Waals surface area contributed by atoms with Crippen LogP contribution in [0, 0.1) is 5.82 Å². The number of hydrogen-bond donors (Lipinski definition) is 2. The molecule has 21 heavy (non-hydrogen) atoms. The number of para-hydroxylation sites is 1. The van der Waals surface area contributed by atoms with E-state index in [1.165, 1.54) is 12.3 Å². The van der Waals surface area contributed by atoms with Crippen LogP contribution < -0.4 is 11.3 Å². The van der Waals surface area contributed by atoms with Crippen molar-refractivity contribution < 1.29 is 4.39 Å². The zero-order chi connectivity index (χ0) is 14.7. The highest BCUT2D eigenvalue weighted by molar-refractivity contribution is 5.81. The van der Waals surface area contributed by atoms with Crippen LogP contribution in [0.2, 0.25) is 0 Å². The van der Waals surface area contributed by atoms with Crippen LogP contribution in [0.15, 0.2) is 54.9 Å². The van der Waals surface area contributed by atoms with Gasteiger partial charge in [-0.1, -0.05) is 18.2 Å². The third-order valence-electron chi connectivity index (χ3n) is 3.47. The Bertz CT molecular complexity index is 737. The van der Waals surface area contributed by atoms with E-state index >= 15 is 0 Å². The first-order valence-corrected chi connectivity index (χ1v) is 6.68. The molecule has 4 nitrogen and oxygen atoms in total. The highest BCUT2D eigenvalue weighted by atomic mass is 19.1. The summed E-state index contributed by atoms with van der Waals surface area (Å²) in [5.41, 5.74) is 5.52. The van der Waals surface area contributed by atoms with E-state index in [2.05, 4.69) is 15.4 Å². The van der Waals surface area contributed by atoms with Crippen LogP contribution >= 0.6 is 0 Å². The van der Waals surface area contributed by atoms with Gasteiger partial charge < -0.3 is 0 Å². The largest absolute Gasteiger partial charge is 0.271 e. The van der Waals surface area contributed by atoms with Crippen molar-refractivity contribution >= 4 is 10.9 Å². The third kappa shape index (κ3) is 2.89. The molecule has 3 aromatic rings. The van der Waals surface area contributed by atoms with Gasteiger partial charge in [0.15, 0.2) is 0 Å². The maximum atomic E-state index is 13.0. The summed E-state index contributed by atoms with van der Waals surface area (Å²) in [6.07, 6.45) is 3.63. The Morgan fingerprint density at radius 2 is 1.95 bits per heavy atom. The Labute approximate surface area is 121 Å². The average Bonchev–Trinajstić information content (AvgIpc) is 2.54. The fourth-order valence-electron chi connectivity index (χ4n) is 2.40. The van der Waals surface area contributed by atoms with Crippen molar-refractivity contribution in [1.29, 1.82) is 0 Å². The number of rotatable bonds is 4. The molecule has 3 rings (SSSR count). The molecule has 0 amide bonds. The molecule has 0 aliphatic rings. The van der Waals surface area contributed by atoms with Gasteiger partial charge in [0, 0.05) is 11.6 Å². The van der Waals surface area contributed by atoms with Gasteiger partial charge in [-0.25, -0.2) is 4.39 Å². The fraction of sp³-hybridized carbons (Fsp3) is 0.125. The van der Waals surface area contributed by atoms with Crippen LogP contribution in [0.3, 0.4) is 0 Å². The van der Waals surface area contributed by atoms with Gasteiger partial charge in [-0.2, -0.15) is 0 Å². The standard InChI is InChI=1S/C16H15FN4/c17-12-5-6-15(20-10-12)16(21-18)9-11-7-8-19-14-4-2-1-3-13(11)14/h1-8,10,16,21H,9,18H2.